The summed E-state index contributed by atoms with van der Waals surface area (Å²) >= 11 is 0. The van der Waals surface area contributed by atoms with Crippen LogP contribution < -0.4 is 4.74 Å². The number of aryl methyl sites for hydroxylation is 1. The highest BCUT2D eigenvalue weighted by molar-refractivity contribution is 5.99. The minimum absolute atomic E-state index is 0.0472. The number of aromatic nitrogens is 2. The molecule has 1 atom stereocenters. The molecule has 124 valence electrons. The third kappa shape index (κ3) is 2.78. The van der Waals surface area contributed by atoms with Crippen LogP contribution in [0.1, 0.15) is 23.4 Å². The van der Waals surface area contributed by atoms with Crippen molar-refractivity contribution < 1.29 is 18.7 Å². The molecule has 2 aliphatic heterocycles. The smallest absolute Gasteiger partial charge is 0.253 e. The number of hydrogen-bond acceptors (Lipinski definition) is 6. The first-order valence-electron chi connectivity index (χ1n) is 7.84. The first kappa shape index (κ1) is 14.9. The first-order valence-corrected chi connectivity index (χ1v) is 7.84. The van der Waals surface area contributed by atoms with Crippen molar-refractivity contribution in [2.75, 3.05) is 26.3 Å². The van der Waals surface area contributed by atoms with Crippen molar-refractivity contribution in [3.63, 3.8) is 0 Å². The molecule has 0 bridgehead atoms. The molecule has 0 N–H and O–H groups in total. The zero-order valence-electron chi connectivity index (χ0n) is 13.3. The lowest BCUT2D eigenvalue weighted by Gasteiger charge is -2.32. The van der Waals surface area contributed by atoms with Gasteiger partial charge in [-0.25, -0.2) is 0 Å². The summed E-state index contributed by atoms with van der Waals surface area (Å²) in [6, 6.07) is 7.67. The number of hydrogen-bond donors (Lipinski definition) is 0. The molecule has 2 aliphatic rings. The molecule has 3 heterocycles. The third-order valence-corrected chi connectivity index (χ3v) is 4.08. The Balaban J connectivity index is 1.51. The predicted octanol–water partition coefficient (Wildman–Crippen LogP) is 1.75. The third-order valence-electron chi connectivity index (χ3n) is 4.08. The maximum absolute atomic E-state index is 12.8. The molecule has 1 saturated heterocycles. The van der Waals surface area contributed by atoms with E-state index < -0.39 is 0 Å². The van der Waals surface area contributed by atoms with Gasteiger partial charge in [0.2, 0.25) is 11.8 Å². The maximum Gasteiger partial charge on any atom is 0.253 e. The summed E-state index contributed by atoms with van der Waals surface area (Å²) in [6.45, 7) is 3.35. The van der Waals surface area contributed by atoms with E-state index in [-0.39, 0.29) is 18.6 Å². The van der Waals surface area contributed by atoms with Gasteiger partial charge in [-0.1, -0.05) is 18.2 Å². The van der Waals surface area contributed by atoms with Gasteiger partial charge in [0.15, 0.2) is 6.10 Å². The number of morpholine rings is 1. The molecular weight excluding hydrogens is 310 g/mol. The normalized spacial score (nSPS) is 20.1. The van der Waals surface area contributed by atoms with E-state index in [9.17, 15) is 4.79 Å². The van der Waals surface area contributed by atoms with Gasteiger partial charge in [0.1, 0.15) is 12.4 Å². The predicted molar refractivity (Wildman–Crippen MR) is 84.2 cm³/mol. The van der Waals surface area contributed by atoms with E-state index in [0.29, 0.717) is 37.1 Å². The Kier molecular flexibility index (Phi) is 3.78. The summed E-state index contributed by atoms with van der Waals surface area (Å²) in [5.74, 6) is 1.64. The Bertz CT molecular complexity index is 799. The molecular formula is C17H17N3O4. The zero-order chi connectivity index (χ0) is 16.5. The molecule has 0 aliphatic carbocycles. The quantitative estimate of drug-likeness (QED) is 0.836. The number of carbonyl (C=O) groups is 1. The molecule has 1 fully saturated rings. The van der Waals surface area contributed by atoms with Gasteiger partial charge in [-0.2, -0.15) is 0 Å². The number of carbonyl (C=O) groups excluding carboxylic acids is 1. The summed E-state index contributed by atoms with van der Waals surface area (Å²) in [7, 11) is 0. The number of amides is 1. The molecule has 1 amide bonds. The van der Waals surface area contributed by atoms with E-state index >= 15 is 0 Å². The molecule has 2 aromatic rings. The van der Waals surface area contributed by atoms with E-state index in [4.69, 9.17) is 13.9 Å². The molecule has 0 saturated carbocycles. The minimum Gasteiger partial charge on any atom is -0.488 e. The molecule has 1 aromatic heterocycles. The minimum atomic E-state index is -0.388. The Hall–Kier alpha value is -2.67. The van der Waals surface area contributed by atoms with Crippen molar-refractivity contribution in [2.45, 2.75) is 13.0 Å². The van der Waals surface area contributed by atoms with Gasteiger partial charge in [-0.3, -0.25) is 4.79 Å². The lowest BCUT2D eigenvalue weighted by molar-refractivity contribution is -0.136. The average molecular weight is 327 g/mol. The van der Waals surface area contributed by atoms with Gasteiger partial charge < -0.3 is 18.8 Å². The fourth-order valence-electron chi connectivity index (χ4n) is 2.87. The number of nitrogens with zero attached hydrogens (tertiary/aromatic N) is 3. The largest absolute Gasteiger partial charge is 0.488 e. The van der Waals surface area contributed by atoms with Crippen molar-refractivity contribution >= 4 is 12.0 Å². The highest BCUT2D eigenvalue weighted by Gasteiger charge is 2.31. The van der Waals surface area contributed by atoms with Crippen LogP contribution in [0.25, 0.3) is 6.08 Å². The van der Waals surface area contributed by atoms with Gasteiger partial charge in [0, 0.05) is 19.0 Å². The Morgan fingerprint density at radius 3 is 3.00 bits per heavy atom. The topological polar surface area (TPSA) is 77.7 Å². The van der Waals surface area contributed by atoms with Crippen molar-refractivity contribution in [3.8, 4) is 5.75 Å². The van der Waals surface area contributed by atoms with Crippen LogP contribution in [0, 0.1) is 6.92 Å². The summed E-state index contributed by atoms with van der Waals surface area (Å²) < 4.78 is 16.8. The van der Waals surface area contributed by atoms with Crippen LogP contribution in [0.4, 0.5) is 0 Å². The molecule has 7 nitrogen and oxygen atoms in total. The highest BCUT2D eigenvalue weighted by atomic mass is 16.5. The van der Waals surface area contributed by atoms with Crippen LogP contribution >= 0.6 is 0 Å². The van der Waals surface area contributed by atoms with Crippen molar-refractivity contribution in [1.82, 2.24) is 15.1 Å². The highest BCUT2D eigenvalue weighted by Crippen LogP contribution is 2.28. The number of ether oxygens (including phenoxy) is 2. The fraction of sp³-hybridized carbons (Fsp3) is 0.353. The number of fused-ring (bicyclic) bond motifs is 1. The molecule has 1 aromatic carbocycles. The summed E-state index contributed by atoms with van der Waals surface area (Å²) in [5, 5.41) is 7.80. The molecule has 4 rings (SSSR count). The average Bonchev–Trinajstić information content (AvgIpc) is 3.07. The van der Waals surface area contributed by atoms with Gasteiger partial charge in [-0.15, -0.1) is 10.2 Å². The van der Waals surface area contributed by atoms with Crippen LogP contribution in [-0.2, 0) is 9.53 Å². The summed E-state index contributed by atoms with van der Waals surface area (Å²) in [6.07, 6.45) is 1.50. The second-order valence-electron chi connectivity index (χ2n) is 5.77. The zero-order valence-corrected chi connectivity index (χ0v) is 13.3. The number of para-hydroxylation sites is 1. The van der Waals surface area contributed by atoms with Crippen molar-refractivity contribution in [1.29, 1.82) is 0 Å². The van der Waals surface area contributed by atoms with Crippen LogP contribution in [0.3, 0.4) is 0 Å². The standard InChI is InChI=1S/C17H17N3O4/c1-11-18-19-16(24-11)15-9-20(6-7-22-15)17(21)13-8-12-4-2-3-5-14(12)23-10-13/h2-5,8,15H,6-7,9-10H2,1H3/t15-/m1/s1. The molecule has 24 heavy (non-hydrogen) atoms. The van der Waals surface area contributed by atoms with Crippen LogP contribution in [0.2, 0.25) is 0 Å². The number of benzene rings is 1. The van der Waals surface area contributed by atoms with Gasteiger partial charge >= 0.3 is 0 Å². The van der Waals surface area contributed by atoms with E-state index in [0.717, 1.165) is 11.3 Å². The van der Waals surface area contributed by atoms with Crippen molar-refractivity contribution in [2.24, 2.45) is 0 Å². The van der Waals surface area contributed by atoms with Crippen LogP contribution in [0.5, 0.6) is 5.75 Å². The Labute approximate surface area is 138 Å². The van der Waals surface area contributed by atoms with E-state index in [1.165, 1.54) is 0 Å². The van der Waals surface area contributed by atoms with Gasteiger partial charge in [0.25, 0.3) is 5.91 Å². The molecule has 0 radical (unpaired) electrons. The molecule has 7 heteroatoms. The maximum atomic E-state index is 12.8. The summed E-state index contributed by atoms with van der Waals surface area (Å²) in [5.41, 5.74) is 1.56. The van der Waals surface area contributed by atoms with Crippen LogP contribution in [-0.4, -0.2) is 47.3 Å². The molecule has 0 unspecified atom stereocenters. The summed E-state index contributed by atoms with van der Waals surface area (Å²) in [4.78, 5) is 14.5. The SMILES string of the molecule is Cc1nnc([C@H]2CN(C(=O)C3=Cc4ccccc4OC3)CCO2)o1. The van der Waals surface area contributed by atoms with Crippen molar-refractivity contribution in [3.05, 3.63) is 47.2 Å². The monoisotopic (exact) mass is 327 g/mol. The van der Waals surface area contributed by atoms with Gasteiger partial charge in [-0.05, 0) is 12.1 Å². The fourth-order valence-corrected chi connectivity index (χ4v) is 2.87. The van der Waals surface area contributed by atoms with E-state index in [1.807, 2.05) is 30.3 Å². The number of rotatable bonds is 2. The lowest BCUT2D eigenvalue weighted by Crippen LogP contribution is -2.43. The molecule has 0 spiro atoms. The second-order valence-corrected chi connectivity index (χ2v) is 5.77. The second kappa shape index (κ2) is 6.09. The Morgan fingerprint density at radius 2 is 2.17 bits per heavy atom. The first-order chi connectivity index (χ1) is 11.7. The lowest BCUT2D eigenvalue weighted by atomic mass is 10.1. The van der Waals surface area contributed by atoms with E-state index in [2.05, 4.69) is 10.2 Å². The Morgan fingerprint density at radius 1 is 1.29 bits per heavy atom. The van der Waals surface area contributed by atoms with Gasteiger partial charge in [0.05, 0.1) is 18.7 Å². The van der Waals surface area contributed by atoms with Crippen LogP contribution in [0.15, 0.2) is 34.3 Å². The van der Waals surface area contributed by atoms with E-state index in [1.54, 1.807) is 11.8 Å².